The maximum absolute atomic E-state index is 12.8. The standard InChI is InChI=1S/C18H23N3O/c1-4-21-10-9-16-14(11-21)17(18(22)19-12(2)3)13-7-5-6-8-15(13)20-16/h5-8,12H,4,9-11H2,1-3H3,(H,19,22). The number of nitrogens with one attached hydrogen (secondary N) is 1. The highest BCUT2D eigenvalue weighted by Gasteiger charge is 2.25. The van der Waals surface area contributed by atoms with E-state index >= 15 is 0 Å². The molecule has 0 saturated carbocycles. The highest BCUT2D eigenvalue weighted by Crippen LogP contribution is 2.28. The molecule has 0 aliphatic carbocycles. The number of hydrogen-bond donors (Lipinski definition) is 1. The van der Waals surface area contributed by atoms with Crippen LogP contribution in [0.15, 0.2) is 24.3 Å². The maximum atomic E-state index is 12.8. The Kier molecular flexibility index (Phi) is 4.12. The van der Waals surface area contributed by atoms with Crippen LogP contribution in [-0.4, -0.2) is 34.9 Å². The third-order valence-corrected chi connectivity index (χ3v) is 4.22. The Morgan fingerprint density at radius 1 is 1.36 bits per heavy atom. The predicted molar refractivity (Wildman–Crippen MR) is 89.0 cm³/mol. The minimum absolute atomic E-state index is 0.0165. The van der Waals surface area contributed by atoms with Crippen LogP contribution in [0.5, 0.6) is 0 Å². The van der Waals surface area contributed by atoms with Gasteiger partial charge < -0.3 is 5.32 Å². The van der Waals surface area contributed by atoms with Crippen molar-refractivity contribution in [3.8, 4) is 0 Å². The van der Waals surface area contributed by atoms with Gasteiger partial charge in [-0.05, 0) is 26.5 Å². The predicted octanol–water partition coefficient (Wildman–Crippen LogP) is 2.75. The second kappa shape index (κ2) is 6.05. The molecule has 4 nitrogen and oxygen atoms in total. The summed E-state index contributed by atoms with van der Waals surface area (Å²) in [6.45, 7) is 8.97. The molecule has 2 aromatic rings. The lowest BCUT2D eigenvalue weighted by molar-refractivity contribution is 0.0942. The molecule has 0 bridgehead atoms. The molecule has 1 amide bonds. The fraction of sp³-hybridized carbons (Fsp3) is 0.444. The van der Waals surface area contributed by atoms with Gasteiger partial charge in [-0.15, -0.1) is 0 Å². The number of rotatable bonds is 3. The van der Waals surface area contributed by atoms with Gasteiger partial charge in [-0.2, -0.15) is 0 Å². The largest absolute Gasteiger partial charge is 0.350 e. The molecule has 1 aliphatic rings. The van der Waals surface area contributed by atoms with E-state index in [9.17, 15) is 4.79 Å². The zero-order valence-electron chi connectivity index (χ0n) is 13.5. The molecular weight excluding hydrogens is 274 g/mol. The van der Waals surface area contributed by atoms with Crippen LogP contribution in [-0.2, 0) is 13.0 Å². The molecule has 3 rings (SSSR count). The number of nitrogens with zero attached hydrogens (tertiary/aromatic N) is 2. The summed E-state index contributed by atoms with van der Waals surface area (Å²) in [6, 6.07) is 8.08. The first-order valence-corrected chi connectivity index (χ1v) is 8.03. The van der Waals surface area contributed by atoms with E-state index in [4.69, 9.17) is 4.98 Å². The fourth-order valence-electron chi connectivity index (χ4n) is 3.11. The van der Waals surface area contributed by atoms with Crippen LogP contribution in [0, 0.1) is 0 Å². The molecular formula is C18H23N3O. The minimum Gasteiger partial charge on any atom is -0.350 e. The van der Waals surface area contributed by atoms with Gasteiger partial charge in [-0.25, -0.2) is 0 Å². The summed E-state index contributed by atoms with van der Waals surface area (Å²) in [5.41, 5.74) is 3.91. The zero-order valence-corrected chi connectivity index (χ0v) is 13.5. The van der Waals surface area contributed by atoms with Crippen molar-refractivity contribution in [1.29, 1.82) is 0 Å². The van der Waals surface area contributed by atoms with Crippen molar-refractivity contribution in [2.24, 2.45) is 0 Å². The number of amides is 1. The number of aromatic nitrogens is 1. The Labute approximate surface area is 131 Å². The van der Waals surface area contributed by atoms with Crippen LogP contribution in [0.3, 0.4) is 0 Å². The van der Waals surface area contributed by atoms with E-state index in [-0.39, 0.29) is 11.9 Å². The van der Waals surface area contributed by atoms with Crippen LogP contribution < -0.4 is 5.32 Å². The Bertz CT molecular complexity index is 709. The van der Waals surface area contributed by atoms with E-state index < -0.39 is 0 Å². The summed E-state index contributed by atoms with van der Waals surface area (Å²) in [5.74, 6) is 0.0165. The van der Waals surface area contributed by atoms with Gasteiger partial charge in [0.05, 0.1) is 11.1 Å². The lowest BCUT2D eigenvalue weighted by Crippen LogP contribution is -2.36. The van der Waals surface area contributed by atoms with Crippen LogP contribution in [0.2, 0.25) is 0 Å². The number of carbonyl (C=O) groups is 1. The highest BCUT2D eigenvalue weighted by atomic mass is 16.1. The second-order valence-corrected chi connectivity index (χ2v) is 6.18. The fourth-order valence-corrected chi connectivity index (χ4v) is 3.11. The normalized spacial score (nSPS) is 15.1. The van der Waals surface area contributed by atoms with Crippen molar-refractivity contribution in [2.45, 2.75) is 39.8 Å². The van der Waals surface area contributed by atoms with E-state index in [0.717, 1.165) is 53.8 Å². The molecule has 4 heteroatoms. The Balaban J connectivity index is 2.19. The third kappa shape index (κ3) is 2.71. The minimum atomic E-state index is 0.0165. The quantitative estimate of drug-likeness (QED) is 0.947. The second-order valence-electron chi connectivity index (χ2n) is 6.18. The SMILES string of the molecule is CCN1CCc2nc3ccccc3c(C(=O)NC(C)C)c2C1. The number of hydrogen-bond acceptors (Lipinski definition) is 3. The van der Waals surface area contributed by atoms with Gasteiger partial charge in [0.25, 0.3) is 5.91 Å². The number of carbonyl (C=O) groups excluding carboxylic acids is 1. The third-order valence-electron chi connectivity index (χ3n) is 4.22. The van der Waals surface area contributed by atoms with Crippen LogP contribution in [0.4, 0.5) is 0 Å². The van der Waals surface area contributed by atoms with Crippen molar-refractivity contribution < 1.29 is 4.79 Å². The van der Waals surface area contributed by atoms with Gasteiger partial charge in [0.1, 0.15) is 0 Å². The van der Waals surface area contributed by atoms with Crippen LogP contribution in [0.1, 0.15) is 42.4 Å². The zero-order chi connectivity index (χ0) is 15.7. The molecule has 116 valence electrons. The number of para-hydroxylation sites is 1. The van der Waals surface area contributed by atoms with Crippen LogP contribution in [0.25, 0.3) is 10.9 Å². The first kappa shape index (κ1) is 15.0. The summed E-state index contributed by atoms with van der Waals surface area (Å²) in [5, 5.41) is 4.00. The first-order chi connectivity index (χ1) is 10.6. The lowest BCUT2D eigenvalue weighted by atomic mass is 9.95. The molecule has 0 unspecified atom stereocenters. The summed E-state index contributed by atoms with van der Waals surface area (Å²) in [4.78, 5) is 19.9. The van der Waals surface area contributed by atoms with E-state index in [0.29, 0.717) is 0 Å². The molecule has 1 aromatic carbocycles. The molecule has 2 heterocycles. The van der Waals surface area contributed by atoms with Crippen molar-refractivity contribution in [2.75, 3.05) is 13.1 Å². The molecule has 0 radical (unpaired) electrons. The average molecular weight is 297 g/mol. The maximum Gasteiger partial charge on any atom is 0.252 e. The molecule has 0 fully saturated rings. The topological polar surface area (TPSA) is 45.2 Å². The van der Waals surface area contributed by atoms with E-state index in [1.54, 1.807) is 0 Å². The van der Waals surface area contributed by atoms with E-state index in [1.165, 1.54) is 0 Å². The number of benzene rings is 1. The van der Waals surface area contributed by atoms with Crippen molar-refractivity contribution in [1.82, 2.24) is 15.2 Å². The lowest BCUT2D eigenvalue weighted by Gasteiger charge is -2.29. The Hall–Kier alpha value is -1.94. The van der Waals surface area contributed by atoms with Gasteiger partial charge in [0.15, 0.2) is 0 Å². The summed E-state index contributed by atoms with van der Waals surface area (Å²) in [7, 11) is 0. The van der Waals surface area contributed by atoms with Crippen molar-refractivity contribution >= 4 is 16.8 Å². The summed E-state index contributed by atoms with van der Waals surface area (Å²) in [6.07, 6.45) is 0.913. The average Bonchev–Trinajstić information content (AvgIpc) is 2.51. The Morgan fingerprint density at radius 2 is 2.14 bits per heavy atom. The first-order valence-electron chi connectivity index (χ1n) is 8.03. The van der Waals surface area contributed by atoms with Gasteiger partial charge in [-0.1, -0.05) is 25.1 Å². The molecule has 1 aliphatic heterocycles. The smallest absolute Gasteiger partial charge is 0.252 e. The monoisotopic (exact) mass is 297 g/mol. The summed E-state index contributed by atoms with van der Waals surface area (Å²) < 4.78 is 0. The van der Waals surface area contributed by atoms with Gasteiger partial charge in [-0.3, -0.25) is 14.7 Å². The number of pyridine rings is 1. The van der Waals surface area contributed by atoms with Gasteiger partial charge in [0, 0.05) is 42.2 Å². The number of fused-ring (bicyclic) bond motifs is 2. The van der Waals surface area contributed by atoms with Crippen molar-refractivity contribution in [3.05, 3.63) is 41.1 Å². The molecule has 1 aromatic heterocycles. The molecule has 0 spiro atoms. The molecule has 0 saturated heterocycles. The molecule has 1 N–H and O–H groups in total. The van der Waals surface area contributed by atoms with Gasteiger partial charge >= 0.3 is 0 Å². The molecule has 0 atom stereocenters. The van der Waals surface area contributed by atoms with Crippen molar-refractivity contribution in [3.63, 3.8) is 0 Å². The van der Waals surface area contributed by atoms with Crippen LogP contribution >= 0.6 is 0 Å². The van der Waals surface area contributed by atoms with Gasteiger partial charge in [0.2, 0.25) is 0 Å². The summed E-state index contributed by atoms with van der Waals surface area (Å²) >= 11 is 0. The van der Waals surface area contributed by atoms with E-state index in [2.05, 4.69) is 17.1 Å². The highest BCUT2D eigenvalue weighted by molar-refractivity contribution is 6.07. The molecule has 22 heavy (non-hydrogen) atoms. The van der Waals surface area contributed by atoms with E-state index in [1.807, 2.05) is 38.1 Å². The number of likely N-dealkylation sites (N-methyl/N-ethyl adjacent to an activating group) is 1. The Morgan fingerprint density at radius 3 is 2.86 bits per heavy atom.